The third kappa shape index (κ3) is 2.83. The Balaban J connectivity index is 1.93. The number of piperidine rings is 1. The Labute approximate surface area is 126 Å². The van der Waals surface area contributed by atoms with Crippen molar-refractivity contribution in [2.24, 2.45) is 5.73 Å². The second kappa shape index (κ2) is 6.16. The Bertz CT molecular complexity index is 594. The molecule has 4 nitrogen and oxygen atoms in total. The predicted octanol–water partition coefficient (Wildman–Crippen LogP) is 2.76. The maximum absolute atomic E-state index is 5.81. The molecule has 1 aromatic heterocycles. The topological polar surface area (TPSA) is 47.1 Å². The first-order valence-corrected chi connectivity index (χ1v) is 8.10. The molecule has 114 valence electrons. The molecule has 3 rings (SSSR count). The first-order valence-electron chi connectivity index (χ1n) is 8.10. The minimum atomic E-state index is 0.639. The summed E-state index contributed by atoms with van der Waals surface area (Å²) in [5.74, 6) is 1.15. The lowest BCUT2D eigenvalue weighted by Crippen LogP contribution is -2.43. The molecule has 2 unspecified atom stereocenters. The lowest BCUT2D eigenvalue weighted by atomic mass is 9.97. The summed E-state index contributed by atoms with van der Waals surface area (Å²) < 4.78 is 2.30. The van der Waals surface area contributed by atoms with Crippen LogP contribution in [0.1, 0.15) is 38.9 Å². The van der Waals surface area contributed by atoms with Gasteiger partial charge in [0.15, 0.2) is 0 Å². The van der Waals surface area contributed by atoms with Crippen molar-refractivity contribution in [1.29, 1.82) is 0 Å². The van der Waals surface area contributed by atoms with Gasteiger partial charge in [0, 0.05) is 25.2 Å². The highest BCUT2D eigenvalue weighted by Crippen LogP contribution is 2.25. The maximum atomic E-state index is 5.81. The van der Waals surface area contributed by atoms with Gasteiger partial charge in [-0.25, -0.2) is 4.98 Å². The molecule has 0 radical (unpaired) electrons. The van der Waals surface area contributed by atoms with E-state index in [9.17, 15) is 0 Å². The van der Waals surface area contributed by atoms with Crippen LogP contribution in [0.15, 0.2) is 24.3 Å². The van der Waals surface area contributed by atoms with Crippen LogP contribution in [-0.4, -0.2) is 33.1 Å². The Morgan fingerprint density at radius 3 is 2.62 bits per heavy atom. The number of rotatable bonds is 4. The van der Waals surface area contributed by atoms with Crippen molar-refractivity contribution >= 4 is 11.0 Å². The van der Waals surface area contributed by atoms with Gasteiger partial charge in [-0.3, -0.25) is 4.90 Å². The van der Waals surface area contributed by atoms with E-state index >= 15 is 0 Å². The number of likely N-dealkylation sites (tertiary alicyclic amines) is 1. The molecular formula is C17H26N4. The lowest BCUT2D eigenvalue weighted by Gasteiger charge is -2.38. The first kappa shape index (κ1) is 14.5. The molecule has 2 aromatic rings. The van der Waals surface area contributed by atoms with Crippen LogP contribution in [0.4, 0.5) is 0 Å². The van der Waals surface area contributed by atoms with Crippen LogP contribution < -0.4 is 5.73 Å². The fourth-order valence-corrected chi connectivity index (χ4v) is 3.57. The fourth-order valence-electron chi connectivity index (χ4n) is 3.57. The van der Waals surface area contributed by atoms with E-state index in [4.69, 9.17) is 10.7 Å². The largest absolute Gasteiger partial charge is 0.329 e. The highest BCUT2D eigenvalue weighted by Gasteiger charge is 2.26. The molecule has 0 spiro atoms. The van der Waals surface area contributed by atoms with E-state index in [0.29, 0.717) is 18.6 Å². The smallest absolute Gasteiger partial charge is 0.124 e. The van der Waals surface area contributed by atoms with Crippen molar-refractivity contribution < 1.29 is 0 Å². The standard InChI is InChI=1S/C17H26N4/c1-13-6-5-7-14(2)21(13)12-17-19-15-8-3-4-9-16(15)20(17)11-10-18/h3-4,8-9,13-14H,5-7,10-12,18H2,1-2H3. The molecule has 1 aliphatic heterocycles. The highest BCUT2D eigenvalue weighted by molar-refractivity contribution is 5.75. The minimum absolute atomic E-state index is 0.639. The van der Waals surface area contributed by atoms with Gasteiger partial charge in [-0.05, 0) is 38.8 Å². The van der Waals surface area contributed by atoms with E-state index in [-0.39, 0.29) is 0 Å². The van der Waals surface area contributed by atoms with Gasteiger partial charge >= 0.3 is 0 Å². The van der Waals surface area contributed by atoms with E-state index in [1.165, 1.54) is 24.8 Å². The van der Waals surface area contributed by atoms with Crippen molar-refractivity contribution in [1.82, 2.24) is 14.5 Å². The van der Waals surface area contributed by atoms with Crippen molar-refractivity contribution in [3.05, 3.63) is 30.1 Å². The SMILES string of the molecule is CC1CCCC(C)N1Cc1nc2ccccc2n1CCN. The number of nitrogens with two attached hydrogens (primary N) is 1. The molecule has 2 N–H and O–H groups in total. The van der Waals surface area contributed by atoms with Crippen LogP contribution in [0.3, 0.4) is 0 Å². The quantitative estimate of drug-likeness (QED) is 0.940. The molecule has 1 saturated heterocycles. The zero-order valence-electron chi connectivity index (χ0n) is 13.1. The van der Waals surface area contributed by atoms with Crippen molar-refractivity contribution in [3.8, 4) is 0 Å². The van der Waals surface area contributed by atoms with E-state index < -0.39 is 0 Å². The lowest BCUT2D eigenvalue weighted by molar-refractivity contribution is 0.0911. The maximum Gasteiger partial charge on any atom is 0.124 e. The molecule has 4 heteroatoms. The zero-order chi connectivity index (χ0) is 14.8. The average molecular weight is 286 g/mol. The normalized spacial score (nSPS) is 23.8. The number of benzene rings is 1. The van der Waals surface area contributed by atoms with Crippen LogP contribution >= 0.6 is 0 Å². The van der Waals surface area contributed by atoms with Gasteiger partial charge in [0.2, 0.25) is 0 Å². The third-order valence-corrected chi connectivity index (χ3v) is 4.79. The number of para-hydroxylation sites is 2. The first-order chi connectivity index (χ1) is 10.2. The van der Waals surface area contributed by atoms with Crippen LogP contribution in [0.25, 0.3) is 11.0 Å². The summed E-state index contributed by atoms with van der Waals surface area (Å²) >= 11 is 0. The highest BCUT2D eigenvalue weighted by atomic mass is 15.2. The molecule has 1 aliphatic rings. The van der Waals surface area contributed by atoms with Gasteiger partial charge in [-0.2, -0.15) is 0 Å². The molecule has 21 heavy (non-hydrogen) atoms. The van der Waals surface area contributed by atoms with Crippen molar-refractivity contribution in [3.63, 3.8) is 0 Å². The van der Waals surface area contributed by atoms with Gasteiger partial charge in [0.25, 0.3) is 0 Å². The number of hydrogen-bond acceptors (Lipinski definition) is 3. The summed E-state index contributed by atoms with van der Waals surface area (Å²) in [4.78, 5) is 7.45. The number of imidazole rings is 1. The van der Waals surface area contributed by atoms with Gasteiger partial charge in [-0.1, -0.05) is 18.6 Å². The Morgan fingerprint density at radius 1 is 1.19 bits per heavy atom. The summed E-state index contributed by atoms with van der Waals surface area (Å²) in [5.41, 5.74) is 8.09. The van der Waals surface area contributed by atoms with E-state index in [0.717, 1.165) is 24.4 Å². The second-order valence-corrected chi connectivity index (χ2v) is 6.26. The third-order valence-electron chi connectivity index (χ3n) is 4.79. The summed E-state index contributed by atoms with van der Waals surface area (Å²) in [5, 5.41) is 0. The van der Waals surface area contributed by atoms with Gasteiger partial charge < -0.3 is 10.3 Å². The van der Waals surface area contributed by atoms with Gasteiger partial charge in [0.05, 0.1) is 17.6 Å². The number of aromatic nitrogens is 2. The van der Waals surface area contributed by atoms with Crippen molar-refractivity contribution in [2.75, 3.05) is 6.54 Å². The van der Waals surface area contributed by atoms with Crippen LogP contribution in [-0.2, 0) is 13.1 Å². The zero-order valence-corrected chi connectivity index (χ0v) is 13.1. The molecule has 0 bridgehead atoms. The van der Waals surface area contributed by atoms with E-state index in [1.54, 1.807) is 0 Å². The fraction of sp³-hybridized carbons (Fsp3) is 0.588. The van der Waals surface area contributed by atoms with Crippen LogP contribution in [0, 0.1) is 0 Å². The molecular weight excluding hydrogens is 260 g/mol. The van der Waals surface area contributed by atoms with Crippen molar-refractivity contribution in [2.45, 2.75) is 58.3 Å². The average Bonchev–Trinajstić information content (AvgIpc) is 2.82. The van der Waals surface area contributed by atoms with E-state index in [1.807, 2.05) is 0 Å². The van der Waals surface area contributed by atoms with Crippen LogP contribution in [0.5, 0.6) is 0 Å². The Kier molecular flexibility index (Phi) is 4.27. The number of fused-ring (bicyclic) bond motifs is 1. The minimum Gasteiger partial charge on any atom is -0.329 e. The molecule has 1 aromatic carbocycles. The Hall–Kier alpha value is -1.39. The van der Waals surface area contributed by atoms with Gasteiger partial charge in [0.1, 0.15) is 5.82 Å². The van der Waals surface area contributed by atoms with E-state index in [2.05, 4.69) is 47.6 Å². The predicted molar refractivity (Wildman–Crippen MR) is 87.1 cm³/mol. The summed E-state index contributed by atoms with van der Waals surface area (Å²) in [6.07, 6.45) is 3.93. The molecule has 2 atom stereocenters. The number of hydrogen-bond donors (Lipinski definition) is 1. The van der Waals surface area contributed by atoms with Crippen LogP contribution in [0.2, 0.25) is 0 Å². The molecule has 0 saturated carbocycles. The molecule has 0 aliphatic carbocycles. The summed E-state index contributed by atoms with van der Waals surface area (Å²) in [6.45, 7) is 7.10. The monoisotopic (exact) mass is 286 g/mol. The molecule has 0 amide bonds. The van der Waals surface area contributed by atoms with Gasteiger partial charge in [-0.15, -0.1) is 0 Å². The second-order valence-electron chi connectivity index (χ2n) is 6.26. The number of nitrogens with zero attached hydrogens (tertiary/aromatic N) is 3. The molecule has 2 heterocycles. The Morgan fingerprint density at radius 2 is 1.90 bits per heavy atom. The molecule has 1 fully saturated rings. The summed E-state index contributed by atoms with van der Waals surface area (Å²) in [7, 11) is 0. The summed E-state index contributed by atoms with van der Waals surface area (Å²) in [6, 6.07) is 9.64.